The number of aromatic nitrogens is 1. The summed E-state index contributed by atoms with van der Waals surface area (Å²) in [6, 6.07) is 11.8. The van der Waals surface area contributed by atoms with Crippen molar-refractivity contribution in [1.82, 2.24) is 9.71 Å². The van der Waals surface area contributed by atoms with Gasteiger partial charge in [-0.1, -0.05) is 30.3 Å². The SMILES string of the molecule is CCOC(=O)c1cc(C#N)c(N2CCC(C(=O)NS(=O)(=O)Cc3ccccc3)CC2)nc1OC(C)=O. The number of anilines is 1. The molecule has 0 radical (unpaired) electrons. The van der Waals surface area contributed by atoms with Crippen molar-refractivity contribution in [3.05, 3.63) is 53.1 Å². The Morgan fingerprint density at radius 1 is 1.19 bits per heavy atom. The first-order valence-corrected chi connectivity index (χ1v) is 12.9. The van der Waals surface area contributed by atoms with Crippen LogP contribution in [0.2, 0.25) is 0 Å². The van der Waals surface area contributed by atoms with E-state index < -0.39 is 33.8 Å². The van der Waals surface area contributed by atoms with Crippen LogP contribution in [0.4, 0.5) is 5.82 Å². The number of nitrogens with one attached hydrogen (secondary N) is 1. The standard InChI is InChI=1S/C24H26N4O7S/c1-3-34-24(31)20-13-19(14-25)21(26-23(20)35-16(2)29)28-11-9-18(10-12-28)22(30)27-36(32,33)15-17-7-5-4-6-8-17/h4-8,13,18H,3,9-12,15H2,1-2H3,(H,27,30). The summed E-state index contributed by atoms with van der Waals surface area (Å²) in [4.78, 5) is 42.4. The lowest BCUT2D eigenvalue weighted by Gasteiger charge is -2.32. The third-order valence-corrected chi connectivity index (χ3v) is 6.67. The minimum absolute atomic E-state index is 0.0716. The average molecular weight is 515 g/mol. The van der Waals surface area contributed by atoms with E-state index in [2.05, 4.69) is 9.71 Å². The van der Waals surface area contributed by atoms with Crippen LogP contribution in [0.25, 0.3) is 0 Å². The first-order chi connectivity index (χ1) is 17.1. The Morgan fingerprint density at radius 3 is 2.44 bits per heavy atom. The fourth-order valence-electron chi connectivity index (χ4n) is 3.80. The first kappa shape index (κ1) is 26.6. The van der Waals surface area contributed by atoms with Crippen molar-refractivity contribution in [3.63, 3.8) is 0 Å². The van der Waals surface area contributed by atoms with Crippen LogP contribution < -0.4 is 14.4 Å². The Hall–Kier alpha value is -3.98. The quantitative estimate of drug-likeness (QED) is 0.516. The summed E-state index contributed by atoms with van der Waals surface area (Å²) in [7, 11) is -3.86. The lowest BCUT2D eigenvalue weighted by Crippen LogP contribution is -2.43. The number of nitriles is 1. The van der Waals surface area contributed by atoms with Gasteiger partial charge in [-0.25, -0.2) is 13.2 Å². The zero-order chi connectivity index (χ0) is 26.3. The van der Waals surface area contributed by atoms with Gasteiger partial charge in [0, 0.05) is 25.9 Å². The van der Waals surface area contributed by atoms with Gasteiger partial charge in [0.25, 0.3) is 0 Å². The van der Waals surface area contributed by atoms with Crippen molar-refractivity contribution in [3.8, 4) is 11.9 Å². The van der Waals surface area contributed by atoms with Crippen molar-refractivity contribution in [2.45, 2.75) is 32.4 Å². The molecule has 1 fully saturated rings. The molecule has 1 aliphatic heterocycles. The molecule has 1 aromatic heterocycles. The van der Waals surface area contributed by atoms with Crippen LogP contribution in [-0.2, 0) is 30.1 Å². The van der Waals surface area contributed by atoms with E-state index in [0.29, 0.717) is 18.4 Å². The Bertz CT molecular complexity index is 1280. The Kier molecular flexibility index (Phi) is 8.60. The largest absolute Gasteiger partial charge is 0.462 e. The molecule has 1 aromatic carbocycles. The van der Waals surface area contributed by atoms with Gasteiger partial charge in [0.2, 0.25) is 21.8 Å². The van der Waals surface area contributed by atoms with E-state index in [1.165, 1.54) is 6.07 Å². The summed E-state index contributed by atoms with van der Waals surface area (Å²) in [6.07, 6.45) is 0.615. The highest BCUT2D eigenvalue weighted by Gasteiger charge is 2.30. The molecule has 1 aliphatic rings. The number of benzene rings is 1. The molecule has 2 aromatic rings. The number of nitrogens with zero attached hydrogens (tertiary/aromatic N) is 3. The summed E-state index contributed by atoms with van der Waals surface area (Å²) in [6.45, 7) is 3.43. The minimum Gasteiger partial charge on any atom is -0.462 e. The number of piperidine rings is 1. The third kappa shape index (κ3) is 6.79. The smallest absolute Gasteiger partial charge is 0.343 e. The minimum atomic E-state index is -3.86. The van der Waals surface area contributed by atoms with Crippen LogP contribution in [0.5, 0.6) is 5.88 Å². The van der Waals surface area contributed by atoms with Crippen LogP contribution in [0.3, 0.4) is 0 Å². The molecule has 0 unspecified atom stereocenters. The molecular formula is C24H26N4O7S. The molecule has 0 aliphatic carbocycles. The zero-order valence-corrected chi connectivity index (χ0v) is 20.7. The number of hydrogen-bond donors (Lipinski definition) is 1. The topological polar surface area (TPSA) is 156 Å². The molecule has 190 valence electrons. The maximum Gasteiger partial charge on any atom is 0.343 e. The van der Waals surface area contributed by atoms with Gasteiger partial charge in [-0.2, -0.15) is 10.2 Å². The maximum absolute atomic E-state index is 12.6. The molecule has 36 heavy (non-hydrogen) atoms. The van der Waals surface area contributed by atoms with Crippen molar-refractivity contribution < 1.29 is 32.3 Å². The molecule has 0 spiro atoms. The lowest BCUT2D eigenvalue weighted by molar-refractivity contribution is -0.132. The van der Waals surface area contributed by atoms with Crippen LogP contribution >= 0.6 is 0 Å². The van der Waals surface area contributed by atoms with Crippen LogP contribution in [0, 0.1) is 17.2 Å². The third-order valence-electron chi connectivity index (χ3n) is 5.44. The fraction of sp³-hybridized carbons (Fsp3) is 0.375. The number of sulfonamides is 1. The van der Waals surface area contributed by atoms with E-state index in [1.54, 1.807) is 42.2 Å². The monoisotopic (exact) mass is 514 g/mol. The molecule has 3 rings (SSSR count). The van der Waals surface area contributed by atoms with E-state index in [0.717, 1.165) is 6.92 Å². The van der Waals surface area contributed by atoms with E-state index in [-0.39, 0.29) is 48.3 Å². The van der Waals surface area contributed by atoms with Gasteiger partial charge in [-0.05, 0) is 31.4 Å². The second kappa shape index (κ2) is 11.6. The summed E-state index contributed by atoms with van der Waals surface area (Å²) in [5, 5.41) is 9.64. The number of hydrogen-bond acceptors (Lipinski definition) is 10. The predicted octanol–water partition coefficient (Wildman–Crippen LogP) is 1.92. The highest BCUT2D eigenvalue weighted by Crippen LogP contribution is 2.30. The second-order valence-corrected chi connectivity index (χ2v) is 9.83. The van der Waals surface area contributed by atoms with E-state index in [4.69, 9.17) is 9.47 Å². The first-order valence-electron chi connectivity index (χ1n) is 11.3. The molecule has 11 nitrogen and oxygen atoms in total. The number of pyridine rings is 1. The number of esters is 2. The molecule has 0 saturated carbocycles. The normalized spacial score (nSPS) is 14.0. The predicted molar refractivity (Wildman–Crippen MR) is 128 cm³/mol. The van der Waals surface area contributed by atoms with Crippen molar-refractivity contribution in [1.29, 1.82) is 5.26 Å². The Balaban J connectivity index is 1.72. The molecule has 12 heteroatoms. The van der Waals surface area contributed by atoms with Gasteiger partial charge < -0.3 is 14.4 Å². The molecule has 1 amide bonds. The number of rotatable bonds is 8. The molecule has 2 heterocycles. The van der Waals surface area contributed by atoms with Gasteiger partial charge in [0.1, 0.15) is 11.6 Å². The Morgan fingerprint density at radius 2 is 1.86 bits per heavy atom. The summed E-state index contributed by atoms with van der Waals surface area (Å²) in [5.74, 6) is -3.01. The van der Waals surface area contributed by atoms with Gasteiger partial charge >= 0.3 is 11.9 Å². The molecule has 1 N–H and O–H groups in total. The molecule has 0 bridgehead atoms. The van der Waals surface area contributed by atoms with Gasteiger partial charge in [0.15, 0.2) is 5.82 Å². The number of carbonyl (C=O) groups is 3. The molecule has 1 saturated heterocycles. The fourth-order valence-corrected chi connectivity index (χ4v) is 4.98. The summed E-state index contributed by atoms with van der Waals surface area (Å²) < 4.78 is 37.0. The highest BCUT2D eigenvalue weighted by atomic mass is 32.2. The van der Waals surface area contributed by atoms with Gasteiger partial charge in [-0.3, -0.25) is 14.3 Å². The van der Waals surface area contributed by atoms with Crippen LogP contribution in [-0.4, -0.2) is 50.9 Å². The number of ether oxygens (including phenoxy) is 2. The highest BCUT2D eigenvalue weighted by molar-refractivity contribution is 7.89. The van der Waals surface area contributed by atoms with E-state index in [9.17, 15) is 28.1 Å². The van der Waals surface area contributed by atoms with E-state index >= 15 is 0 Å². The maximum atomic E-state index is 12.6. The summed E-state index contributed by atoms with van der Waals surface area (Å²) >= 11 is 0. The second-order valence-electron chi connectivity index (χ2n) is 8.11. The van der Waals surface area contributed by atoms with E-state index in [1.807, 2.05) is 6.07 Å². The number of carbonyl (C=O) groups excluding carboxylic acids is 3. The zero-order valence-electron chi connectivity index (χ0n) is 19.9. The van der Waals surface area contributed by atoms with Crippen molar-refractivity contribution in [2.24, 2.45) is 5.92 Å². The lowest BCUT2D eigenvalue weighted by atomic mass is 9.96. The van der Waals surface area contributed by atoms with Crippen LogP contribution in [0.15, 0.2) is 36.4 Å². The van der Waals surface area contributed by atoms with Crippen molar-refractivity contribution in [2.75, 3.05) is 24.6 Å². The van der Waals surface area contributed by atoms with Gasteiger partial charge in [0.05, 0.1) is 17.9 Å². The number of amides is 1. The van der Waals surface area contributed by atoms with Crippen LogP contribution in [0.1, 0.15) is 48.2 Å². The molecule has 0 atom stereocenters. The summed E-state index contributed by atoms with van der Waals surface area (Å²) in [5.41, 5.74) is 0.491. The molecular weight excluding hydrogens is 488 g/mol. The van der Waals surface area contributed by atoms with Gasteiger partial charge in [-0.15, -0.1) is 0 Å². The van der Waals surface area contributed by atoms with Crippen molar-refractivity contribution >= 4 is 33.7 Å². The average Bonchev–Trinajstić information content (AvgIpc) is 2.83. The Labute approximate surface area is 209 Å².